The summed E-state index contributed by atoms with van der Waals surface area (Å²) in [6, 6.07) is 5.67. The van der Waals surface area contributed by atoms with E-state index >= 15 is 0 Å². The van der Waals surface area contributed by atoms with Gasteiger partial charge < -0.3 is 14.8 Å². The van der Waals surface area contributed by atoms with Gasteiger partial charge >= 0.3 is 5.97 Å². The number of carbonyl (C=O) groups is 2. The number of esters is 1. The molecule has 0 fully saturated rings. The Bertz CT molecular complexity index is 862. The molecule has 1 aliphatic rings. The third-order valence-electron chi connectivity index (χ3n) is 4.35. The van der Waals surface area contributed by atoms with E-state index in [2.05, 4.69) is 21.2 Å². The molecule has 1 amide bonds. The van der Waals surface area contributed by atoms with Gasteiger partial charge in [-0.1, -0.05) is 6.07 Å². The summed E-state index contributed by atoms with van der Waals surface area (Å²) in [4.78, 5) is 26.0. The molecule has 0 aliphatic heterocycles. The molecule has 0 bridgehead atoms. The van der Waals surface area contributed by atoms with Gasteiger partial charge in [-0.15, -0.1) is 11.3 Å². The normalized spacial score (nSPS) is 13.0. The van der Waals surface area contributed by atoms with Crippen LogP contribution in [0.2, 0.25) is 0 Å². The number of benzene rings is 1. The first-order valence-electron chi connectivity index (χ1n) is 9.00. The van der Waals surface area contributed by atoms with Crippen molar-refractivity contribution in [2.75, 3.05) is 18.5 Å². The summed E-state index contributed by atoms with van der Waals surface area (Å²) in [6.45, 7) is 3.94. The number of nitrogens with one attached hydrogen (secondary N) is 1. The largest absolute Gasteiger partial charge is 0.483 e. The molecule has 144 valence electrons. The first-order valence-corrected chi connectivity index (χ1v) is 10.6. The minimum Gasteiger partial charge on any atom is -0.483 e. The molecule has 5 nitrogen and oxygen atoms in total. The highest BCUT2D eigenvalue weighted by Gasteiger charge is 2.27. The number of ether oxygens (including phenoxy) is 2. The predicted molar refractivity (Wildman–Crippen MR) is 110 cm³/mol. The van der Waals surface area contributed by atoms with E-state index in [1.54, 1.807) is 6.92 Å². The Morgan fingerprint density at radius 2 is 2.04 bits per heavy atom. The number of thiophene rings is 1. The fourth-order valence-electron chi connectivity index (χ4n) is 3.10. The second kappa shape index (κ2) is 8.89. The highest BCUT2D eigenvalue weighted by Crippen LogP contribution is 2.38. The topological polar surface area (TPSA) is 64.6 Å². The lowest BCUT2D eigenvalue weighted by atomic mass is 9.95. The number of halogens is 1. The van der Waals surface area contributed by atoms with Crippen molar-refractivity contribution in [1.29, 1.82) is 0 Å². The summed E-state index contributed by atoms with van der Waals surface area (Å²) in [5.41, 5.74) is 2.64. The van der Waals surface area contributed by atoms with E-state index < -0.39 is 0 Å². The van der Waals surface area contributed by atoms with Crippen molar-refractivity contribution in [1.82, 2.24) is 0 Å². The van der Waals surface area contributed by atoms with E-state index in [0.717, 1.165) is 41.3 Å². The van der Waals surface area contributed by atoms with Gasteiger partial charge in [-0.2, -0.15) is 0 Å². The summed E-state index contributed by atoms with van der Waals surface area (Å²) in [5, 5.41) is 3.41. The Morgan fingerprint density at radius 1 is 1.26 bits per heavy atom. The third-order valence-corrected chi connectivity index (χ3v) is 6.18. The molecule has 3 rings (SSSR count). The van der Waals surface area contributed by atoms with Crippen molar-refractivity contribution in [3.63, 3.8) is 0 Å². The van der Waals surface area contributed by atoms with Gasteiger partial charge in [0.05, 0.1) is 16.6 Å². The van der Waals surface area contributed by atoms with Crippen molar-refractivity contribution in [2.24, 2.45) is 0 Å². The van der Waals surface area contributed by atoms with Crippen molar-refractivity contribution in [3.05, 3.63) is 44.2 Å². The van der Waals surface area contributed by atoms with Crippen LogP contribution >= 0.6 is 27.3 Å². The van der Waals surface area contributed by atoms with Crippen LogP contribution in [0.5, 0.6) is 5.75 Å². The van der Waals surface area contributed by atoms with Crippen molar-refractivity contribution >= 4 is 44.1 Å². The molecular weight excluding hydrogens is 430 g/mol. The van der Waals surface area contributed by atoms with Gasteiger partial charge in [0.2, 0.25) is 0 Å². The average molecular weight is 452 g/mol. The third kappa shape index (κ3) is 4.71. The second-order valence-electron chi connectivity index (χ2n) is 6.41. The van der Waals surface area contributed by atoms with Crippen molar-refractivity contribution in [3.8, 4) is 5.75 Å². The first-order chi connectivity index (χ1) is 13.0. The zero-order valence-corrected chi connectivity index (χ0v) is 17.8. The second-order valence-corrected chi connectivity index (χ2v) is 8.37. The number of aryl methyl sites for hydroxylation is 2. The number of fused-ring (bicyclic) bond motifs is 1. The lowest BCUT2D eigenvalue weighted by Gasteiger charge is -2.12. The molecule has 7 heteroatoms. The minimum absolute atomic E-state index is 0.132. The number of anilines is 1. The molecule has 1 aliphatic carbocycles. The van der Waals surface area contributed by atoms with Crippen LogP contribution in [0, 0.1) is 6.92 Å². The number of rotatable bonds is 6. The van der Waals surface area contributed by atoms with Gasteiger partial charge in [0.15, 0.2) is 6.61 Å². The van der Waals surface area contributed by atoms with E-state index in [4.69, 9.17) is 9.47 Å². The maximum atomic E-state index is 12.4. The molecule has 1 N–H and O–H groups in total. The van der Waals surface area contributed by atoms with E-state index in [1.165, 1.54) is 16.2 Å². The van der Waals surface area contributed by atoms with Crippen molar-refractivity contribution in [2.45, 2.75) is 39.5 Å². The van der Waals surface area contributed by atoms with Crippen LogP contribution in [0.15, 0.2) is 22.7 Å². The predicted octanol–water partition coefficient (Wildman–Crippen LogP) is 4.89. The summed E-state index contributed by atoms with van der Waals surface area (Å²) in [5.74, 6) is -0.0622. The highest BCUT2D eigenvalue weighted by molar-refractivity contribution is 9.10. The monoisotopic (exact) mass is 451 g/mol. The molecule has 1 aromatic carbocycles. The first kappa shape index (κ1) is 19.9. The Labute approximate surface area is 171 Å². The molecule has 2 aromatic rings. The van der Waals surface area contributed by atoms with Crippen LogP contribution in [0.4, 0.5) is 5.00 Å². The molecule has 1 heterocycles. The molecule has 1 aromatic heterocycles. The van der Waals surface area contributed by atoms with E-state index in [0.29, 0.717) is 22.9 Å². The molecule has 0 unspecified atom stereocenters. The van der Waals surface area contributed by atoms with Crippen LogP contribution in [0.25, 0.3) is 0 Å². The lowest BCUT2D eigenvalue weighted by molar-refractivity contribution is -0.118. The fraction of sp³-hybridized carbons (Fsp3) is 0.400. The van der Waals surface area contributed by atoms with Crippen LogP contribution in [0.3, 0.4) is 0 Å². The molecule has 0 saturated carbocycles. The van der Waals surface area contributed by atoms with E-state index in [-0.39, 0.29) is 18.5 Å². The van der Waals surface area contributed by atoms with Crippen LogP contribution in [-0.4, -0.2) is 25.1 Å². The summed E-state index contributed by atoms with van der Waals surface area (Å²) in [6.07, 6.45) is 3.94. The van der Waals surface area contributed by atoms with Crippen LogP contribution < -0.4 is 10.1 Å². The summed E-state index contributed by atoms with van der Waals surface area (Å²) < 4.78 is 11.6. The smallest absolute Gasteiger partial charge is 0.341 e. The molecule has 0 atom stereocenters. The molecule has 0 spiro atoms. The van der Waals surface area contributed by atoms with Crippen LogP contribution in [-0.2, 0) is 22.4 Å². The highest BCUT2D eigenvalue weighted by atomic mass is 79.9. The van der Waals surface area contributed by atoms with Gasteiger partial charge in [-0.05, 0) is 78.7 Å². The van der Waals surface area contributed by atoms with Gasteiger partial charge in [0, 0.05) is 4.88 Å². The molecular formula is C20H22BrNO4S. The zero-order chi connectivity index (χ0) is 19.4. The Hall–Kier alpha value is -1.86. The standard InChI is InChI=1S/C20H22BrNO4S/c1-3-25-20(24)18-13-6-4-5-7-16(13)27-19(18)22-17(23)11-26-15-9-8-12(2)10-14(15)21/h8-10H,3-7,11H2,1-2H3,(H,22,23). The number of amides is 1. The quantitative estimate of drug-likeness (QED) is 0.634. The zero-order valence-electron chi connectivity index (χ0n) is 15.4. The number of carbonyl (C=O) groups excluding carboxylic acids is 2. The van der Waals surface area contributed by atoms with Gasteiger partial charge in [0.1, 0.15) is 10.8 Å². The lowest BCUT2D eigenvalue weighted by Crippen LogP contribution is -2.21. The molecule has 27 heavy (non-hydrogen) atoms. The van der Waals surface area contributed by atoms with Crippen molar-refractivity contribution < 1.29 is 19.1 Å². The van der Waals surface area contributed by atoms with Crippen LogP contribution in [0.1, 0.15) is 46.1 Å². The SMILES string of the molecule is CCOC(=O)c1c(NC(=O)COc2ccc(C)cc2Br)sc2c1CCCC2. The summed E-state index contributed by atoms with van der Waals surface area (Å²) >= 11 is 4.91. The summed E-state index contributed by atoms with van der Waals surface area (Å²) in [7, 11) is 0. The Balaban J connectivity index is 1.73. The van der Waals surface area contributed by atoms with Gasteiger partial charge in [-0.3, -0.25) is 4.79 Å². The maximum absolute atomic E-state index is 12.4. The average Bonchev–Trinajstić information content (AvgIpc) is 2.99. The minimum atomic E-state index is -0.366. The van der Waals surface area contributed by atoms with Gasteiger partial charge in [0.25, 0.3) is 5.91 Å². The molecule has 0 saturated heterocycles. The molecule has 0 radical (unpaired) electrons. The Morgan fingerprint density at radius 3 is 2.78 bits per heavy atom. The number of hydrogen-bond donors (Lipinski definition) is 1. The van der Waals surface area contributed by atoms with E-state index in [9.17, 15) is 9.59 Å². The maximum Gasteiger partial charge on any atom is 0.341 e. The number of hydrogen-bond acceptors (Lipinski definition) is 5. The van der Waals surface area contributed by atoms with Gasteiger partial charge in [-0.25, -0.2) is 4.79 Å². The fourth-order valence-corrected chi connectivity index (χ4v) is 5.00. The Kier molecular flexibility index (Phi) is 6.55. The van der Waals surface area contributed by atoms with E-state index in [1.807, 2.05) is 25.1 Å².